The lowest BCUT2D eigenvalue weighted by molar-refractivity contribution is 0.501. The summed E-state index contributed by atoms with van der Waals surface area (Å²) in [4.78, 5) is 7.15. The highest BCUT2D eigenvalue weighted by Gasteiger charge is 2.10. The average Bonchev–Trinajstić information content (AvgIpc) is 3.00. The monoisotopic (exact) mass is 364 g/mol. The number of aromatic nitrogens is 1. The van der Waals surface area contributed by atoms with E-state index in [1.807, 2.05) is 18.2 Å². The quantitative estimate of drug-likeness (QED) is 0.645. The Bertz CT molecular complexity index is 756. The van der Waals surface area contributed by atoms with Gasteiger partial charge in [0, 0.05) is 32.4 Å². The number of nitrogens with one attached hydrogen (secondary N) is 1. The summed E-state index contributed by atoms with van der Waals surface area (Å²) in [6.45, 7) is 7.10. The molecule has 0 bridgehead atoms. The first kappa shape index (κ1) is 14.6. The van der Waals surface area contributed by atoms with Crippen LogP contribution in [0, 0.1) is 6.92 Å². The van der Waals surface area contributed by atoms with Gasteiger partial charge in [0.05, 0.1) is 0 Å². The second-order valence-corrected chi connectivity index (χ2v) is 7.55. The van der Waals surface area contributed by atoms with E-state index >= 15 is 0 Å². The van der Waals surface area contributed by atoms with E-state index < -0.39 is 0 Å². The van der Waals surface area contributed by atoms with Crippen LogP contribution in [0.5, 0.6) is 0 Å². The summed E-state index contributed by atoms with van der Waals surface area (Å²) >= 11 is 5.35. The topological polar surface area (TPSA) is 38.1 Å². The Hall–Kier alpha value is -1.33. The van der Waals surface area contributed by atoms with Gasteiger partial charge in [-0.25, -0.2) is 4.98 Å². The standard InChI is InChI=1S/C16H17BrN2OS/c1-9(2)16-19-14-6-11(4-5-15(14)20-16)18-8-12-7-13(17)10(3)21-12/h4-7,9,18H,8H2,1-3H3. The predicted molar refractivity (Wildman–Crippen MR) is 92.2 cm³/mol. The van der Waals surface area contributed by atoms with Gasteiger partial charge in [0.15, 0.2) is 11.5 Å². The van der Waals surface area contributed by atoms with Crippen LogP contribution in [0.3, 0.4) is 0 Å². The third kappa shape index (κ3) is 3.14. The third-order valence-corrected chi connectivity index (χ3v) is 5.41. The lowest BCUT2D eigenvalue weighted by Crippen LogP contribution is -1.96. The van der Waals surface area contributed by atoms with Gasteiger partial charge in [-0.2, -0.15) is 0 Å². The summed E-state index contributed by atoms with van der Waals surface area (Å²) < 4.78 is 6.90. The molecule has 1 aromatic carbocycles. The smallest absolute Gasteiger partial charge is 0.198 e. The fraction of sp³-hybridized carbons (Fsp3) is 0.312. The van der Waals surface area contributed by atoms with Gasteiger partial charge >= 0.3 is 0 Å². The number of hydrogen-bond acceptors (Lipinski definition) is 4. The van der Waals surface area contributed by atoms with Crippen LogP contribution < -0.4 is 5.32 Å². The number of fused-ring (bicyclic) bond motifs is 1. The Morgan fingerprint density at radius 1 is 1.33 bits per heavy atom. The molecule has 2 aromatic heterocycles. The second-order valence-electron chi connectivity index (χ2n) is 5.36. The molecular formula is C16H17BrN2OS. The first-order chi connectivity index (χ1) is 10.0. The maximum atomic E-state index is 5.72. The minimum atomic E-state index is 0.306. The zero-order valence-electron chi connectivity index (χ0n) is 12.2. The lowest BCUT2D eigenvalue weighted by Gasteiger charge is -2.03. The van der Waals surface area contributed by atoms with Crippen LogP contribution >= 0.6 is 27.3 Å². The van der Waals surface area contributed by atoms with Gasteiger partial charge in [-0.3, -0.25) is 0 Å². The van der Waals surface area contributed by atoms with Crippen LogP contribution in [0.15, 0.2) is 33.2 Å². The van der Waals surface area contributed by atoms with E-state index in [2.05, 4.69) is 53.1 Å². The summed E-state index contributed by atoms with van der Waals surface area (Å²) in [7, 11) is 0. The van der Waals surface area contributed by atoms with Gasteiger partial charge in [-0.1, -0.05) is 13.8 Å². The Morgan fingerprint density at radius 3 is 2.81 bits per heavy atom. The van der Waals surface area contributed by atoms with E-state index in [-0.39, 0.29) is 0 Å². The fourth-order valence-electron chi connectivity index (χ4n) is 2.10. The van der Waals surface area contributed by atoms with Crippen molar-refractivity contribution in [2.24, 2.45) is 0 Å². The molecule has 1 N–H and O–H groups in total. The normalized spacial score (nSPS) is 11.5. The van der Waals surface area contributed by atoms with Gasteiger partial charge in [0.25, 0.3) is 0 Å². The molecule has 0 aliphatic carbocycles. The molecular weight excluding hydrogens is 348 g/mol. The number of anilines is 1. The van der Waals surface area contributed by atoms with Crippen molar-refractivity contribution in [3.8, 4) is 0 Å². The van der Waals surface area contributed by atoms with Gasteiger partial charge in [0.2, 0.25) is 0 Å². The van der Waals surface area contributed by atoms with Crippen molar-refractivity contribution < 1.29 is 4.42 Å². The molecule has 0 aliphatic heterocycles. The average molecular weight is 365 g/mol. The number of nitrogens with zero attached hydrogens (tertiary/aromatic N) is 1. The molecule has 0 saturated heterocycles. The van der Waals surface area contributed by atoms with Crippen LogP contribution in [-0.2, 0) is 6.54 Å². The minimum absolute atomic E-state index is 0.306. The maximum Gasteiger partial charge on any atom is 0.198 e. The van der Waals surface area contributed by atoms with E-state index in [4.69, 9.17) is 4.42 Å². The van der Waals surface area contributed by atoms with Gasteiger partial charge < -0.3 is 9.73 Å². The highest BCUT2D eigenvalue weighted by atomic mass is 79.9. The second kappa shape index (κ2) is 5.81. The van der Waals surface area contributed by atoms with Crippen molar-refractivity contribution in [3.05, 3.63) is 44.4 Å². The maximum absolute atomic E-state index is 5.72. The Morgan fingerprint density at radius 2 is 2.14 bits per heavy atom. The molecule has 5 heteroatoms. The van der Waals surface area contributed by atoms with Gasteiger partial charge in [0.1, 0.15) is 5.52 Å². The van der Waals surface area contributed by atoms with Crippen LogP contribution in [0.2, 0.25) is 0 Å². The van der Waals surface area contributed by atoms with E-state index in [9.17, 15) is 0 Å². The van der Waals surface area contributed by atoms with Crippen molar-refractivity contribution in [1.82, 2.24) is 4.98 Å². The first-order valence-corrected chi connectivity index (χ1v) is 8.53. The Kier molecular flexibility index (Phi) is 4.04. The molecule has 0 unspecified atom stereocenters. The molecule has 3 rings (SSSR count). The molecule has 3 nitrogen and oxygen atoms in total. The van der Waals surface area contributed by atoms with Crippen LogP contribution in [0.1, 0.15) is 35.4 Å². The van der Waals surface area contributed by atoms with Crippen molar-refractivity contribution >= 4 is 44.1 Å². The molecule has 0 radical (unpaired) electrons. The number of halogens is 1. The highest BCUT2D eigenvalue weighted by molar-refractivity contribution is 9.10. The van der Waals surface area contributed by atoms with Gasteiger partial charge in [-0.05, 0) is 47.1 Å². The summed E-state index contributed by atoms with van der Waals surface area (Å²) in [6.07, 6.45) is 0. The van der Waals surface area contributed by atoms with E-state index in [1.165, 1.54) is 14.2 Å². The summed E-state index contributed by atoms with van der Waals surface area (Å²) in [6, 6.07) is 8.22. The zero-order valence-corrected chi connectivity index (χ0v) is 14.6. The highest BCUT2D eigenvalue weighted by Crippen LogP contribution is 2.28. The molecule has 0 spiro atoms. The predicted octanol–water partition coefficient (Wildman–Crippen LogP) is 5.70. The molecule has 0 saturated carbocycles. The Balaban J connectivity index is 1.77. The van der Waals surface area contributed by atoms with Crippen molar-refractivity contribution in [2.45, 2.75) is 33.2 Å². The largest absolute Gasteiger partial charge is 0.440 e. The lowest BCUT2D eigenvalue weighted by atomic mass is 10.2. The summed E-state index contributed by atoms with van der Waals surface area (Å²) in [5.41, 5.74) is 2.82. The molecule has 0 fully saturated rings. The van der Waals surface area contributed by atoms with E-state index in [0.29, 0.717) is 5.92 Å². The third-order valence-electron chi connectivity index (χ3n) is 3.27. The molecule has 21 heavy (non-hydrogen) atoms. The zero-order chi connectivity index (χ0) is 15.0. The van der Waals surface area contributed by atoms with Crippen molar-refractivity contribution in [1.29, 1.82) is 0 Å². The number of rotatable bonds is 4. The Labute approximate surface area is 136 Å². The fourth-order valence-corrected chi connectivity index (χ4v) is 3.64. The summed E-state index contributed by atoms with van der Waals surface area (Å²) in [5.74, 6) is 1.10. The number of hydrogen-bond donors (Lipinski definition) is 1. The summed E-state index contributed by atoms with van der Waals surface area (Å²) in [5, 5.41) is 3.44. The van der Waals surface area contributed by atoms with Crippen molar-refractivity contribution in [2.75, 3.05) is 5.32 Å². The van der Waals surface area contributed by atoms with Gasteiger partial charge in [-0.15, -0.1) is 11.3 Å². The SMILES string of the molecule is Cc1sc(CNc2ccc3oc(C(C)C)nc3c2)cc1Br. The van der Waals surface area contributed by atoms with Crippen LogP contribution in [0.25, 0.3) is 11.1 Å². The molecule has 0 atom stereocenters. The number of oxazole rings is 1. The number of benzene rings is 1. The molecule has 3 aromatic rings. The van der Waals surface area contributed by atoms with Crippen LogP contribution in [-0.4, -0.2) is 4.98 Å². The van der Waals surface area contributed by atoms with Crippen LogP contribution in [0.4, 0.5) is 5.69 Å². The molecule has 2 heterocycles. The molecule has 0 amide bonds. The number of thiophene rings is 1. The molecule has 110 valence electrons. The number of aryl methyl sites for hydroxylation is 1. The van der Waals surface area contributed by atoms with Crippen molar-refractivity contribution in [3.63, 3.8) is 0 Å². The first-order valence-electron chi connectivity index (χ1n) is 6.92. The van der Waals surface area contributed by atoms with E-state index in [1.54, 1.807) is 11.3 Å². The molecule has 0 aliphatic rings. The van der Waals surface area contributed by atoms with E-state index in [0.717, 1.165) is 29.2 Å². The minimum Gasteiger partial charge on any atom is -0.440 e.